The molecule has 1 aromatic carbocycles. The summed E-state index contributed by atoms with van der Waals surface area (Å²) in [5.41, 5.74) is 1.62. The highest BCUT2D eigenvalue weighted by Gasteiger charge is 2.49. The maximum atomic E-state index is 15.0. The summed E-state index contributed by atoms with van der Waals surface area (Å²) >= 11 is 0. The van der Waals surface area contributed by atoms with E-state index in [2.05, 4.69) is 51.5 Å². The van der Waals surface area contributed by atoms with Crippen LogP contribution in [0.1, 0.15) is 39.5 Å². The summed E-state index contributed by atoms with van der Waals surface area (Å²) < 4.78 is 20.0. The molecule has 0 saturated carbocycles. The molecule has 2 bridgehead atoms. The molecule has 4 heterocycles. The molecule has 8 nitrogen and oxygen atoms in total. The van der Waals surface area contributed by atoms with Crippen LogP contribution in [0.15, 0.2) is 36.5 Å². The SMILES string of the molecule is COc1cc(-c2cc(O)c(-c3ccc(N(C)[C@@H]4C[C@]5(C)CC[C@](C)(C4)N5)nn3)cc2F)cnn1. The molecule has 0 radical (unpaired) electrons. The quantitative estimate of drug-likeness (QED) is 0.586. The van der Waals surface area contributed by atoms with Crippen LogP contribution in [0.3, 0.4) is 0 Å². The van der Waals surface area contributed by atoms with Crippen LogP contribution in [-0.2, 0) is 0 Å². The van der Waals surface area contributed by atoms with E-state index in [4.69, 9.17) is 4.74 Å². The minimum Gasteiger partial charge on any atom is -0.507 e. The van der Waals surface area contributed by atoms with Crippen LogP contribution >= 0.6 is 0 Å². The van der Waals surface area contributed by atoms with Gasteiger partial charge in [-0.15, -0.1) is 15.3 Å². The van der Waals surface area contributed by atoms with Gasteiger partial charge in [0.25, 0.3) is 0 Å². The number of nitrogens with one attached hydrogen (secondary N) is 1. The fraction of sp³-hybridized carbons (Fsp3) is 0.440. The lowest BCUT2D eigenvalue weighted by Gasteiger charge is -2.45. The molecule has 0 aliphatic carbocycles. The van der Waals surface area contributed by atoms with Crippen LogP contribution < -0.4 is 15.0 Å². The fourth-order valence-electron chi connectivity index (χ4n) is 5.52. The number of piperidine rings is 1. The van der Waals surface area contributed by atoms with Gasteiger partial charge in [-0.25, -0.2) is 4.39 Å². The van der Waals surface area contributed by atoms with Gasteiger partial charge in [-0.1, -0.05) is 0 Å². The monoisotopic (exact) mass is 464 g/mol. The minimum atomic E-state index is -0.516. The minimum absolute atomic E-state index is 0.0987. The van der Waals surface area contributed by atoms with E-state index in [1.165, 1.54) is 38.3 Å². The zero-order valence-electron chi connectivity index (χ0n) is 19.8. The Hall–Kier alpha value is -3.33. The number of halogens is 1. The van der Waals surface area contributed by atoms with E-state index < -0.39 is 5.82 Å². The molecule has 0 spiro atoms. The number of benzene rings is 1. The summed E-state index contributed by atoms with van der Waals surface area (Å²) in [5.74, 6) is 0.403. The maximum Gasteiger partial charge on any atom is 0.233 e. The van der Waals surface area contributed by atoms with E-state index >= 15 is 0 Å². The van der Waals surface area contributed by atoms with Crippen molar-refractivity contribution in [3.05, 3.63) is 42.3 Å². The molecule has 3 atom stereocenters. The third-order valence-corrected chi connectivity index (χ3v) is 7.28. The van der Waals surface area contributed by atoms with Crippen molar-refractivity contribution in [2.75, 3.05) is 19.1 Å². The average Bonchev–Trinajstić information content (AvgIpc) is 3.06. The number of ether oxygens (including phenoxy) is 1. The number of phenolic OH excluding ortho intramolecular Hbond substituents is 1. The summed E-state index contributed by atoms with van der Waals surface area (Å²) in [4.78, 5) is 2.19. The first kappa shape index (κ1) is 22.5. The van der Waals surface area contributed by atoms with Crippen molar-refractivity contribution < 1.29 is 14.2 Å². The average molecular weight is 465 g/mol. The lowest BCUT2D eigenvalue weighted by molar-refractivity contribution is 0.207. The Morgan fingerprint density at radius 2 is 1.79 bits per heavy atom. The molecule has 178 valence electrons. The number of hydrogen-bond acceptors (Lipinski definition) is 8. The van der Waals surface area contributed by atoms with Crippen molar-refractivity contribution in [3.63, 3.8) is 0 Å². The number of aromatic hydroxyl groups is 1. The Morgan fingerprint density at radius 3 is 2.44 bits per heavy atom. The molecule has 3 aromatic rings. The highest BCUT2D eigenvalue weighted by molar-refractivity contribution is 5.75. The molecule has 34 heavy (non-hydrogen) atoms. The van der Waals surface area contributed by atoms with E-state index in [0.29, 0.717) is 17.3 Å². The van der Waals surface area contributed by atoms with Crippen LogP contribution in [0.25, 0.3) is 22.4 Å². The maximum absolute atomic E-state index is 15.0. The largest absolute Gasteiger partial charge is 0.507 e. The first-order chi connectivity index (χ1) is 16.2. The first-order valence-corrected chi connectivity index (χ1v) is 11.4. The Bertz CT molecular complexity index is 1200. The Morgan fingerprint density at radius 1 is 1.06 bits per heavy atom. The Balaban J connectivity index is 1.39. The van der Waals surface area contributed by atoms with Crippen LogP contribution in [0.2, 0.25) is 0 Å². The second-order valence-corrected chi connectivity index (χ2v) is 10.0. The fourth-order valence-corrected chi connectivity index (χ4v) is 5.52. The van der Waals surface area contributed by atoms with E-state index in [1.54, 1.807) is 12.1 Å². The lowest BCUT2D eigenvalue weighted by atomic mass is 9.84. The smallest absolute Gasteiger partial charge is 0.233 e. The third kappa shape index (κ3) is 4.04. The Kier molecular flexibility index (Phi) is 5.39. The van der Waals surface area contributed by atoms with Crippen molar-refractivity contribution in [3.8, 4) is 34.0 Å². The van der Waals surface area contributed by atoms with Crippen LogP contribution in [0.5, 0.6) is 11.6 Å². The number of anilines is 1. The molecule has 0 unspecified atom stereocenters. The van der Waals surface area contributed by atoms with Gasteiger partial charge in [0.2, 0.25) is 5.88 Å². The van der Waals surface area contributed by atoms with Gasteiger partial charge < -0.3 is 20.1 Å². The number of methoxy groups -OCH3 is 1. The molecule has 0 amide bonds. The summed E-state index contributed by atoms with van der Waals surface area (Å²) in [6.45, 7) is 4.60. The number of hydrogen-bond donors (Lipinski definition) is 2. The predicted octanol–water partition coefficient (Wildman–Crippen LogP) is 3.95. The van der Waals surface area contributed by atoms with Gasteiger partial charge >= 0.3 is 0 Å². The van der Waals surface area contributed by atoms with Gasteiger partial charge in [-0.2, -0.15) is 5.10 Å². The number of nitrogens with zero attached hydrogens (tertiary/aromatic N) is 5. The second-order valence-electron chi connectivity index (χ2n) is 10.0. The zero-order valence-corrected chi connectivity index (χ0v) is 19.8. The van der Waals surface area contributed by atoms with Gasteiger partial charge in [0, 0.05) is 46.9 Å². The number of aromatic nitrogens is 4. The predicted molar refractivity (Wildman–Crippen MR) is 127 cm³/mol. The Labute approximate surface area is 198 Å². The molecule has 2 fully saturated rings. The first-order valence-electron chi connectivity index (χ1n) is 11.4. The topological polar surface area (TPSA) is 96.3 Å². The van der Waals surface area contributed by atoms with Gasteiger partial charge in [0.05, 0.1) is 19.0 Å². The number of rotatable bonds is 5. The van der Waals surface area contributed by atoms with E-state index in [1.807, 2.05) is 6.07 Å². The van der Waals surface area contributed by atoms with Crippen molar-refractivity contribution in [1.29, 1.82) is 0 Å². The lowest BCUT2D eigenvalue weighted by Crippen LogP contribution is -2.58. The van der Waals surface area contributed by atoms with Gasteiger partial charge in [-0.05, 0) is 63.8 Å². The molecule has 2 saturated heterocycles. The van der Waals surface area contributed by atoms with Crippen molar-refractivity contribution >= 4 is 5.82 Å². The van der Waals surface area contributed by atoms with Gasteiger partial charge in [0.1, 0.15) is 11.6 Å². The van der Waals surface area contributed by atoms with E-state index in [0.717, 1.165) is 18.7 Å². The highest BCUT2D eigenvalue weighted by Crippen LogP contribution is 2.44. The number of phenols is 1. The van der Waals surface area contributed by atoms with Gasteiger partial charge in [-0.3, -0.25) is 0 Å². The van der Waals surface area contributed by atoms with E-state index in [9.17, 15) is 9.50 Å². The molecule has 9 heteroatoms. The van der Waals surface area contributed by atoms with Crippen LogP contribution in [0.4, 0.5) is 10.2 Å². The van der Waals surface area contributed by atoms with Crippen molar-refractivity contribution in [2.45, 2.75) is 56.7 Å². The summed E-state index contributed by atoms with van der Waals surface area (Å²) in [7, 11) is 3.51. The van der Waals surface area contributed by atoms with Crippen LogP contribution in [0, 0.1) is 5.82 Å². The summed E-state index contributed by atoms with van der Waals surface area (Å²) in [5, 5.41) is 30.8. The summed E-state index contributed by atoms with van der Waals surface area (Å²) in [6.07, 6.45) is 5.87. The molecular weight excluding hydrogens is 435 g/mol. The molecule has 2 aliphatic heterocycles. The highest BCUT2D eigenvalue weighted by atomic mass is 19.1. The normalized spacial score (nSPS) is 25.9. The van der Waals surface area contributed by atoms with Gasteiger partial charge in [0.15, 0.2) is 5.82 Å². The van der Waals surface area contributed by atoms with Crippen molar-refractivity contribution in [1.82, 2.24) is 25.7 Å². The molecule has 2 N–H and O–H groups in total. The summed E-state index contributed by atoms with van der Waals surface area (Å²) in [6, 6.07) is 8.17. The standard InChI is InChI=1S/C25H29FN6O2/c1-24-7-8-25(2,31-24)13-16(12-24)32(3)22-6-5-20(28-29-22)18-10-19(26)17(11-21(18)33)15-9-23(34-4)30-27-14-15/h5-6,9-11,14,16,31,33H,7-8,12-13H2,1-4H3/t16-,24+,25-. The van der Waals surface area contributed by atoms with Crippen molar-refractivity contribution in [2.24, 2.45) is 0 Å². The molecule has 5 rings (SSSR count). The van der Waals surface area contributed by atoms with Crippen LogP contribution in [-0.4, -0.2) is 56.8 Å². The molecule has 2 aliphatic rings. The molecule has 2 aromatic heterocycles. The zero-order chi connectivity index (χ0) is 24.1. The number of fused-ring (bicyclic) bond motifs is 2. The third-order valence-electron chi connectivity index (χ3n) is 7.28. The second kappa shape index (κ2) is 8.16. The van der Waals surface area contributed by atoms with E-state index in [-0.39, 0.29) is 33.8 Å². The molecular formula is C25H29FN6O2.